The number of hydrogen-bond acceptors (Lipinski definition) is 4. The number of nitrogens with zero attached hydrogens (tertiary/aromatic N) is 1. The minimum atomic E-state index is -1.09. The van der Waals surface area contributed by atoms with E-state index in [0.29, 0.717) is 21.7 Å². The maximum Gasteiger partial charge on any atom is 0.341 e. The van der Waals surface area contributed by atoms with Crippen molar-refractivity contribution in [1.82, 2.24) is 5.16 Å². The summed E-state index contributed by atoms with van der Waals surface area (Å²) in [5.74, 6) is -0.871. The molecule has 0 saturated heterocycles. The lowest BCUT2D eigenvalue weighted by Gasteiger charge is -2.05. The number of halogens is 2. The zero-order chi connectivity index (χ0) is 15.7. The van der Waals surface area contributed by atoms with E-state index in [1.165, 1.54) is 0 Å². The first kappa shape index (κ1) is 14.7. The van der Waals surface area contributed by atoms with Crippen molar-refractivity contribution < 1.29 is 19.2 Å². The first-order valence-electron chi connectivity index (χ1n) is 6.25. The maximum atomic E-state index is 10.6. The van der Waals surface area contributed by atoms with Gasteiger partial charge in [-0.15, -0.1) is 0 Å². The smallest absolute Gasteiger partial charge is 0.341 e. The standard InChI is InChI=1S/C15H9Cl2NO4/c16-10-4-2-1-3-8(10)14-9-5-6-11(21-7-12(19)20)13(17)15(9)22-18-14/h1-6H,7H2,(H,19,20). The second-order valence-electron chi connectivity index (χ2n) is 4.45. The Kier molecular flexibility index (Phi) is 3.92. The summed E-state index contributed by atoms with van der Waals surface area (Å²) >= 11 is 12.3. The highest BCUT2D eigenvalue weighted by molar-refractivity contribution is 6.37. The average Bonchev–Trinajstić information content (AvgIpc) is 2.91. The van der Waals surface area contributed by atoms with E-state index < -0.39 is 12.6 Å². The van der Waals surface area contributed by atoms with Crippen molar-refractivity contribution in [3.8, 4) is 17.0 Å². The molecule has 5 nitrogen and oxygen atoms in total. The van der Waals surface area contributed by atoms with E-state index >= 15 is 0 Å². The number of aliphatic carboxylic acids is 1. The zero-order valence-corrected chi connectivity index (χ0v) is 12.6. The summed E-state index contributed by atoms with van der Waals surface area (Å²) in [5.41, 5.74) is 1.60. The fraction of sp³-hybridized carbons (Fsp3) is 0.0667. The summed E-state index contributed by atoms with van der Waals surface area (Å²) < 4.78 is 10.4. The second-order valence-corrected chi connectivity index (χ2v) is 5.23. The Morgan fingerprint density at radius 1 is 1.23 bits per heavy atom. The van der Waals surface area contributed by atoms with Gasteiger partial charge in [0.2, 0.25) is 0 Å². The summed E-state index contributed by atoms with van der Waals surface area (Å²) in [5, 5.41) is 14.0. The van der Waals surface area contributed by atoms with Crippen LogP contribution in [0.25, 0.3) is 22.2 Å². The molecule has 0 bridgehead atoms. The molecule has 0 aliphatic heterocycles. The normalized spacial score (nSPS) is 10.8. The molecule has 0 radical (unpaired) electrons. The van der Waals surface area contributed by atoms with Gasteiger partial charge in [0.1, 0.15) is 16.5 Å². The Morgan fingerprint density at radius 2 is 2.00 bits per heavy atom. The highest BCUT2D eigenvalue weighted by Crippen LogP contribution is 2.39. The van der Waals surface area contributed by atoms with Crippen LogP contribution in [0.2, 0.25) is 10.0 Å². The van der Waals surface area contributed by atoms with E-state index in [0.717, 1.165) is 5.56 Å². The first-order valence-corrected chi connectivity index (χ1v) is 7.01. The Balaban J connectivity index is 2.08. The minimum Gasteiger partial charge on any atom is -0.480 e. The van der Waals surface area contributed by atoms with Gasteiger partial charge in [0.05, 0.1) is 10.4 Å². The van der Waals surface area contributed by atoms with Crippen LogP contribution in [0.5, 0.6) is 5.75 Å². The molecule has 1 heterocycles. The van der Waals surface area contributed by atoms with E-state index in [2.05, 4.69) is 5.16 Å². The molecule has 22 heavy (non-hydrogen) atoms. The van der Waals surface area contributed by atoms with E-state index in [4.69, 9.17) is 37.6 Å². The molecule has 3 aromatic rings. The molecule has 0 unspecified atom stereocenters. The van der Waals surface area contributed by atoms with Crippen molar-refractivity contribution in [3.63, 3.8) is 0 Å². The number of aromatic nitrogens is 1. The molecule has 2 aromatic carbocycles. The fourth-order valence-corrected chi connectivity index (χ4v) is 2.53. The third-order valence-corrected chi connectivity index (χ3v) is 3.71. The monoisotopic (exact) mass is 337 g/mol. The van der Waals surface area contributed by atoms with Crippen LogP contribution in [0, 0.1) is 0 Å². The number of benzene rings is 2. The molecule has 0 atom stereocenters. The van der Waals surface area contributed by atoms with Gasteiger partial charge in [-0.3, -0.25) is 0 Å². The lowest BCUT2D eigenvalue weighted by atomic mass is 10.1. The highest BCUT2D eigenvalue weighted by atomic mass is 35.5. The Hall–Kier alpha value is -2.24. The predicted octanol–water partition coefficient (Wildman–Crippen LogP) is 4.27. The van der Waals surface area contributed by atoms with Gasteiger partial charge in [0, 0.05) is 5.56 Å². The Morgan fingerprint density at radius 3 is 2.73 bits per heavy atom. The van der Waals surface area contributed by atoms with Crippen molar-refractivity contribution in [1.29, 1.82) is 0 Å². The van der Waals surface area contributed by atoms with Crippen LogP contribution in [0.15, 0.2) is 40.9 Å². The summed E-state index contributed by atoms with van der Waals surface area (Å²) in [4.78, 5) is 10.6. The van der Waals surface area contributed by atoms with Gasteiger partial charge >= 0.3 is 5.97 Å². The summed E-state index contributed by atoms with van der Waals surface area (Å²) in [7, 11) is 0. The van der Waals surface area contributed by atoms with Crippen molar-refractivity contribution in [2.24, 2.45) is 0 Å². The van der Waals surface area contributed by atoms with Crippen molar-refractivity contribution in [2.75, 3.05) is 6.61 Å². The quantitative estimate of drug-likeness (QED) is 0.769. The molecule has 112 valence electrons. The van der Waals surface area contributed by atoms with Gasteiger partial charge in [0.25, 0.3) is 0 Å². The molecule has 0 fully saturated rings. The number of carboxylic acid groups (broad SMARTS) is 1. The van der Waals surface area contributed by atoms with Gasteiger partial charge in [0.15, 0.2) is 12.2 Å². The molecular weight excluding hydrogens is 329 g/mol. The number of carboxylic acids is 1. The molecule has 0 amide bonds. The van der Waals surface area contributed by atoms with E-state index in [9.17, 15) is 4.79 Å². The van der Waals surface area contributed by atoms with Crippen LogP contribution >= 0.6 is 23.2 Å². The van der Waals surface area contributed by atoms with Crippen molar-refractivity contribution in [3.05, 3.63) is 46.4 Å². The molecule has 1 aromatic heterocycles. The SMILES string of the molecule is O=C(O)COc1ccc2c(-c3ccccc3Cl)noc2c1Cl. The summed E-state index contributed by atoms with van der Waals surface area (Å²) in [6, 6.07) is 10.5. The van der Waals surface area contributed by atoms with E-state index in [1.54, 1.807) is 18.2 Å². The number of fused-ring (bicyclic) bond motifs is 1. The highest BCUT2D eigenvalue weighted by Gasteiger charge is 2.18. The second kappa shape index (κ2) is 5.87. The molecule has 0 aliphatic carbocycles. The van der Waals surface area contributed by atoms with Crippen LogP contribution in [-0.2, 0) is 4.79 Å². The number of hydrogen-bond donors (Lipinski definition) is 1. The van der Waals surface area contributed by atoms with Crippen LogP contribution < -0.4 is 4.74 Å². The molecule has 0 spiro atoms. The van der Waals surface area contributed by atoms with E-state index in [-0.39, 0.29) is 10.8 Å². The molecule has 1 N–H and O–H groups in total. The molecule has 7 heteroatoms. The third kappa shape index (κ3) is 2.61. The van der Waals surface area contributed by atoms with Gasteiger partial charge in [-0.25, -0.2) is 4.79 Å². The van der Waals surface area contributed by atoms with Crippen LogP contribution in [0.1, 0.15) is 0 Å². The third-order valence-electron chi connectivity index (χ3n) is 3.03. The lowest BCUT2D eigenvalue weighted by molar-refractivity contribution is -0.139. The van der Waals surface area contributed by atoms with Crippen molar-refractivity contribution >= 4 is 40.1 Å². The minimum absolute atomic E-state index is 0.171. The Labute approximate surface area is 135 Å². The molecule has 0 aliphatic rings. The van der Waals surface area contributed by atoms with E-state index in [1.807, 2.05) is 18.2 Å². The maximum absolute atomic E-state index is 10.6. The predicted molar refractivity (Wildman–Crippen MR) is 82.6 cm³/mol. The van der Waals surface area contributed by atoms with Gasteiger partial charge in [-0.05, 0) is 18.2 Å². The van der Waals surface area contributed by atoms with Gasteiger partial charge in [-0.1, -0.05) is 46.6 Å². The molecule has 0 saturated carbocycles. The first-order chi connectivity index (χ1) is 10.6. The zero-order valence-electron chi connectivity index (χ0n) is 11.0. The largest absolute Gasteiger partial charge is 0.480 e. The van der Waals surface area contributed by atoms with Gasteiger partial charge in [-0.2, -0.15) is 0 Å². The van der Waals surface area contributed by atoms with Crippen LogP contribution in [-0.4, -0.2) is 22.8 Å². The summed E-state index contributed by atoms with van der Waals surface area (Å²) in [6.45, 7) is -0.489. The number of ether oxygens (including phenoxy) is 1. The Bertz CT molecular complexity index is 860. The average molecular weight is 338 g/mol. The van der Waals surface area contributed by atoms with Crippen LogP contribution in [0.4, 0.5) is 0 Å². The molecular formula is C15H9Cl2NO4. The summed E-state index contributed by atoms with van der Waals surface area (Å²) in [6.07, 6.45) is 0. The lowest BCUT2D eigenvalue weighted by Crippen LogP contribution is -2.09. The number of rotatable bonds is 4. The van der Waals surface area contributed by atoms with Crippen molar-refractivity contribution in [2.45, 2.75) is 0 Å². The fourth-order valence-electron chi connectivity index (χ4n) is 2.05. The topological polar surface area (TPSA) is 72.6 Å². The molecule has 3 rings (SSSR count). The van der Waals surface area contributed by atoms with Gasteiger partial charge < -0.3 is 14.4 Å². The number of carbonyl (C=O) groups is 1. The van der Waals surface area contributed by atoms with Crippen LogP contribution in [0.3, 0.4) is 0 Å².